The van der Waals surface area contributed by atoms with Crippen LogP contribution in [0.3, 0.4) is 0 Å². The number of hydrogen-bond donors (Lipinski definition) is 1. The molecule has 1 unspecified atom stereocenters. The number of amidine groups is 1. The highest BCUT2D eigenvalue weighted by Crippen LogP contribution is 2.61. The number of halogens is 1. The third-order valence-electron chi connectivity index (χ3n) is 5.99. The topological polar surface area (TPSA) is 60.0 Å². The molecule has 4 nitrogen and oxygen atoms in total. The molecule has 4 rings (SSSR count). The molecule has 2 spiro atoms. The van der Waals surface area contributed by atoms with Gasteiger partial charge in [0.05, 0.1) is 11.8 Å². The first-order chi connectivity index (χ1) is 11.5. The lowest BCUT2D eigenvalue weighted by Crippen LogP contribution is -2.43. The van der Waals surface area contributed by atoms with E-state index in [-0.39, 0.29) is 5.41 Å². The summed E-state index contributed by atoms with van der Waals surface area (Å²) in [7, 11) is 0. The van der Waals surface area contributed by atoms with E-state index in [0.29, 0.717) is 11.9 Å². The van der Waals surface area contributed by atoms with Crippen LogP contribution in [-0.2, 0) is 16.8 Å². The number of rotatable bonds is 2. The van der Waals surface area contributed by atoms with Crippen LogP contribution in [-0.4, -0.2) is 24.3 Å². The van der Waals surface area contributed by atoms with E-state index in [4.69, 9.17) is 20.5 Å². The van der Waals surface area contributed by atoms with Crippen molar-refractivity contribution in [3.63, 3.8) is 0 Å². The average Bonchev–Trinajstić information content (AvgIpc) is 2.99. The molecule has 1 atom stereocenters. The van der Waals surface area contributed by atoms with Crippen LogP contribution in [0.5, 0.6) is 0 Å². The molecule has 0 amide bonds. The van der Waals surface area contributed by atoms with Crippen molar-refractivity contribution >= 4 is 27.5 Å². The van der Waals surface area contributed by atoms with Gasteiger partial charge in [0.15, 0.2) is 5.66 Å². The largest absolute Gasteiger partial charge is 0.382 e. The lowest BCUT2D eigenvalue weighted by atomic mass is 9.65. The second kappa shape index (κ2) is 5.67. The fourth-order valence-corrected chi connectivity index (χ4v) is 5.17. The first-order valence-corrected chi connectivity index (χ1v) is 9.62. The van der Waals surface area contributed by atoms with Crippen molar-refractivity contribution < 1.29 is 4.74 Å². The standard InChI is InChI=1S/C19H24BrN3O/c1-3-24-15-6-8-18(9-7-15)11-13-4-5-14(20)10-16(13)19(18)22-12(2)17(21)23-19/h4-5,10,15H,3,6-9,11H2,1-2H3,(H2,21,23). The summed E-state index contributed by atoms with van der Waals surface area (Å²) in [5.74, 6) is 0.592. The Morgan fingerprint density at radius 2 is 2.04 bits per heavy atom. The Morgan fingerprint density at radius 3 is 2.67 bits per heavy atom. The second-order valence-corrected chi connectivity index (χ2v) is 8.20. The Morgan fingerprint density at radius 1 is 1.29 bits per heavy atom. The molecule has 1 aromatic rings. The molecule has 5 heteroatoms. The predicted octanol–water partition coefficient (Wildman–Crippen LogP) is 3.96. The summed E-state index contributed by atoms with van der Waals surface area (Å²) >= 11 is 3.62. The number of hydrogen-bond acceptors (Lipinski definition) is 4. The predicted molar refractivity (Wildman–Crippen MR) is 101 cm³/mol. The van der Waals surface area contributed by atoms with Gasteiger partial charge in [-0.2, -0.15) is 0 Å². The summed E-state index contributed by atoms with van der Waals surface area (Å²) in [6.07, 6.45) is 5.72. The Hall–Kier alpha value is -1.20. The zero-order valence-corrected chi connectivity index (χ0v) is 15.9. The van der Waals surface area contributed by atoms with Crippen molar-refractivity contribution in [3.05, 3.63) is 33.8 Å². The third-order valence-corrected chi connectivity index (χ3v) is 6.48. The molecule has 1 saturated carbocycles. The molecule has 24 heavy (non-hydrogen) atoms. The van der Waals surface area contributed by atoms with Crippen molar-refractivity contribution in [2.75, 3.05) is 6.61 Å². The Labute approximate surface area is 151 Å². The van der Waals surface area contributed by atoms with Gasteiger partial charge in [-0.25, -0.2) is 4.99 Å². The van der Waals surface area contributed by atoms with Crippen molar-refractivity contribution in [2.45, 2.75) is 57.7 Å². The lowest BCUT2D eigenvalue weighted by molar-refractivity contribution is -0.0181. The Kier molecular flexibility index (Phi) is 3.84. The fraction of sp³-hybridized carbons (Fsp3) is 0.579. The van der Waals surface area contributed by atoms with E-state index in [1.54, 1.807) is 0 Å². The molecular weight excluding hydrogens is 366 g/mol. The van der Waals surface area contributed by atoms with Crippen LogP contribution in [0.1, 0.15) is 50.7 Å². The van der Waals surface area contributed by atoms with Gasteiger partial charge in [-0.1, -0.05) is 22.0 Å². The SMILES string of the molecule is CCOC1CCC2(CC1)Cc1ccc(Br)cc1C21N=C(C)C(N)=N1. The molecule has 0 radical (unpaired) electrons. The van der Waals surface area contributed by atoms with Crippen LogP contribution >= 0.6 is 15.9 Å². The summed E-state index contributed by atoms with van der Waals surface area (Å²) < 4.78 is 6.95. The first-order valence-electron chi connectivity index (χ1n) is 8.82. The number of ether oxygens (including phenoxy) is 1. The number of fused-ring (bicyclic) bond motifs is 3. The molecular formula is C19H24BrN3O. The normalized spacial score (nSPS) is 34.5. The summed E-state index contributed by atoms with van der Waals surface area (Å²) in [5, 5.41) is 0. The molecule has 1 aromatic carbocycles. The minimum Gasteiger partial charge on any atom is -0.382 e. The van der Waals surface area contributed by atoms with Crippen LogP contribution in [0.4, 0.5) is 0 Å². The average molecular weight is 390 g/mol. The van der Waals surface area contributed by atoms with Crippen LogP contribution in [0.2, 0.25) is 0 Å². The summed E-state index contributed by atoms with van der Waals surface area (Å²) in [5.41, 5.74) is 9.14. The number of nitrogens with two attached hydrogens (primary N) is 1. The summed E-state index contributed by atoms with van der Waals surface area (Å²) in [4.78, 5) is 10.0. The van der Waals surface area contributed by atoms with Crippen molar-refractivity contribution in [1.82, 2.24) is 0 Å². The highest BCUT2D eigenvalue weighted by molar-refractivity contribution is 9.10. The minimum absolute atomic E-state index is 0.0338. The highest BCUT2D eigenvalue weighted by Gasteiger charge is 2.60. The Bertz CT molecular complexity index is 714. The van der Waals surface area contributed by atoms with Crippen LogP contribution < -0.4 is 5.73 Å². The van der Waals surface area contributed by atoms with Crippen molar-refractivity contribution in [3.8, 4) is 0 Å². The van der Waals surface area contributed by atoms with Gasteiger partial charge in [-0.15, -0.1) is 0 Å². The number of aliphatic imine (C=N–C) groups is 2. The number of nitrogens with zero attached hydrogens (tertiary/aromatic N) is 2. The van der Waals surface area contributed by atoms with Crippen LogP contribution in [0.25, 0.3) is 0 Å². The molecule has 128 valence electrons. The molecule has 1 aliphatic heterocycles. The zero-order valence-electron chi connectivity index (χ0n) is 14.3. The van der Waals surface area contributed by atoms with Gasteiger partial charge in [0.25, 0.3) is 0 Å². The monoisotopic (exact) mass is 389 g/mol. The maximum Gasteiger partial charge on any atom is 0.184 e. The molecule has 2 N–H and O–H groups in total. The van der Waals surface area contributed by atoms with Crippen molar-refractivity contribution in [1.29, 1.82) is 0 Å². The second-order valence-electron chi connectivity index (χ2n) is 7.28. The summed E-state index contributed by atoms with van der Waals surface area (Å²) in [6, 6.07) is 6.53. The van der Waals surface area contributed by atoms with E-state index in [1.807, 2.05) is 6.92 Å². The fourth-order valence-electron chi connectivity index (χ4n) is 4.81. The molecule has 0 bridgehead atoms. The van der Waals surface area contributed by atoms with E-state index in [9.17, 15) is 0 Å². The Balaban J connectivity index is 1.79. The van der Waals surface area contributed by atoms with Crippen molar-refractivity contribution in [2.24, 2.45) is 21.1 Å². The summed E-state index contributed by atoms with van der Waals surface area (Å²) in [6.45, 7) is 4.84. The molecule has 1 fully saturated rings. The number of benzene rings is 1. The van der Waals surface area contributed by atoms with E-state index < -0.39 is 5.66 Å². The van der Waals surface area contributed by atoms with Gasteiger partial charge in [0, 0.05) is 22.1 Å². The quantitative estimate of drug-likeness (QED) is 0.831. The van der Waals surface area contributed by atoms with E-state index in [2.05, 4.69) is 41.1 Å². The van der Waals surface area contributed by atoms with Crippen LogP contribution in [0.15, 0.2) is 32.7 Å². The van der Waals surface area contributed by atoms with E-state index >= 15 is 0 Å². The van der Waals surface area contributed by atoms with Gasteiger partial charge < -0.3 is 10.5 Å². The molecule has 2 aliphatic carbocycles. The molecule has 0 aromatic heterocycles. The third kappa shape index (κ3) is 2.21. The smallest absolute Gasteiger partial charge is 0.184 e. The van der Waals surface area contributed by atoms with Gasteiger partial charge in [0.1, 0.15) is 5.84 Å². The molecule has 0 saturated heterocycles. The van der Waals surface area contributed by atoms with Crippen LogP contribution in [0, 0.1) is 5.41 Å². The zero-order chi connectivity index (χ0) is 16.9. The lowest BCUT2D eigenvalue weighted by Gasteiger charge is -2.44. The van der Waals surface area contributed by atoms with E-state index in [0.717, 1.165) is 48.9 Å². The van der Waals surface area contributed by atoms with Gasteiger partial charge >= 0.3 is 0 Å². The molecule has 1 heterocycles. The van der Waals surface area contributed by atoms with E-state index in [1.165, 1.54) is 11.1 Å². The van der Waals surface area contributed by atoms with Gasteiger partial charge in [0.2, 0.25) is 0 Å². The van der Waals surface area contributed by atoms with Gasteiger partial charge in [-0.3, -0.25) is 4.99 Å². The highest BCUT2D eigenvalue weighted by atomic mass is 79.9. The van der Waals surface area contributed by atoms with Gasteiger partial charge in [-0.05, 0) is 63.6 Å². The molecule has 3 aliphatic rings. The maximum absolute atomic E-state index is 6.18. The minimum atomic E-state index is -0.530. The first kappa shape index (κ1) is 16.3. The maximum atomic E-state index is 6.18.